The number of benzene rings is 1. The number of hydrogen-bond donors (Lipinski definition) is 2. The predicted molar refractivity (Wildman–Crippen MR) is 74.1 cm³/mol. The van der Waals surface area contributed by atoms with Crippen molar-refractivity contribution in [2.45, 2.75) is 39.8 Å². The van der Waals surface area contributed by atoms with Crippen molar-refractivity contribution in [3.63, 3.8) is 0 Å². The van der Waals surface area contributed by atoms with Crippen molar-refractivity contribution in [1.82, 2.24) is 10.3 Å². The summed E-state index contributed by atoms with van der Waals surface area (Å²) in [6, 6.07) is 9.19. The molecule has 0 saturated heterocycles. The molecule has 0 saturated carbocycles. The Morgan fingerprint density at radius 1 is 1.24 bits per heavy atom. The minimum atomic E-state index is 0.597. The van der Waals surface area contributed by atoms with E-state index in [0.717, 1.165) is 6.54 Å². The monoisotopic (exact) mass is 230 g/mol. The third-order valence-electron chi connectivity index (χ3n) is 3.47. The molecule has 0 aliphatic heterocycles. The van der Waals surface area contributed by atoms with Crippen molar-refractivity contribution in [1.29, 1.82) is 0 Å². The zero-order valence-corrected chi connectivity index (χ0v) is 11.0. The van der Waals surface area contributed by atoms with Crippen molar-refractivity contribution < 1.29 is 0 Å². The molecule has 0 fully saturated rings. The maximum atomic E-state index is 3.65. The Labute approximate surface area is 103 Å². The van der Waals surface area contributed by atoms with Crippen LogP contribution in [0.5, 0.6) is 0 Å². The van der Waals surface area contributed by atoms with E-state index in [1.807, 2.05) is 6.20 Å². The summed E-state index contributed by atoms with van der Waals surface area (Å²) < 4.78 is 0. The van der Waals surface area contributed by atoms with Crippen LogP contribution in [0.1, 0.15) is 32.8 Å². The molecule has 2 rings (SSSR count). The number of hydrogen-bond acceptors (Lipinski definition) is 1. The van der Waals surface area contributed by atoms with Crippen LogP contribution in [0.2, 0.25) is 0 Å². The van der Waals surface area contributed by atoms with Gasteiger partial charge in [-0.15, -0.1) is 0 Å². The second-order valence-corrected chi connectivity index (χ2v) is 5.00. The number of fused-ring (bicyclic) bond motifs is 1. The molecule has 2 N–H and O–H groups in total. The first-order valence-electron chi connectivity index (χ1n) is 6.50. The molecular formula is C15H22N2. The van der Waals surface area contributed by atoms with Gasteiger partial charge in [0.05, 0.1) is 0 Å². The SMILES string of the molecule is CCC(NCc1cccc2cc[nH]c12)C(C)C. The lowest BCUT2D eigenvalue weighted by Crippen LogP contribution is -2.32. The summed E-state index contributed by atoms with van der Waals surface area (Å²) in [5, 5.41) is 4.94. The van der Waals surface area contributed by atoms with E-state index in [9.17, 15) is 0 Å². The Kier molecular flexibility index (Phi) is 3.85. The van der Waals surface area contributed by atoms with Crippen LogP contribution in [-0.4, -0.2) is 11.0 Å². The van der Waals surface area contributed by atoms with Crippen molar-refractivity contribution in [3.05, 3.63) is 36.0 Å². The first kappa shape index (κ1) is 12.2. The number of H-pyrrole nitrogens is 1. The molecule has 0 aliphatic carbocycles. The molecule has 92 valence electrons. The lowest BCUT2D eigenvalue weighted by atomic mass is 10.0. The summed E-state index contributed by atoms with van der Waals surface area (Å²) in [6.45, 7) is 7.73. The van der Waals surface area contributed by atoms with Crippen LogP contribution in [0.3, 0.4) is 0 Å². The molecule has 2 nitrogen and oxygen atoms in total. The molecule has 0 radical (unpaired) electrons. The number of nitrogens with one attached hydrogen (secondary N) is 2. The predicted octanol–water partition coefficient (Wildman–Crippen LogP) is 3.69. The van der Waals surface area contributed by atoms with Crippen LogP contribution >= 0.6 is 0 Å². The topological polar surface area (TPSA) is 27.8 Å². The third-order valence-corrected chi connectivity index (χ3v) is 3.47. The van der Waals surface area contributed by atoms with Crippen LogP contribution in [0.15, 0.2) is 30.5 Å². The molecule has 0 spiro atoms. The van der Waals surface area contributed by atoms with Crippen LogP contribution in [0.25, 0.3) is 10.9 Å². The maximum Gasteiger partial charge on any atom is 0.0499 e. The molecule has 0 bridgehead atoms. The molecule has 1 unspecified atom stereocenters. The average Bonchev–Trinajstić information content (AvgIpc) is 2.78. The Morgan fingerprint density at radius 2 is 2.06 bits per heavy atom. The maximum absolute atomic E-state index is 3.65. The molecule has 1 aromatic heterocycles. The summed E-state index contributed by atoms with van der Waals surface area (Å²) in [5.41, 5.74) is 2.62. The van der Waals surface area contributed by atoms with Gasteiger partial charge in [0.15, 0.2) is 0 Å². The molecule has 1 atom stereocenters. The second kappa shape index (κ2) is 5.37. The highest BCUT2D eigenvalue weighted by Crippen LogP contribution is 2.17. The molecule has 0 amide bonds. The number of aromatic amines is 1. The molecule has 2 heteroatoms. The molecule has 2 aromatic rings. The largest absolute Gasteiger partial charge is 0.361 e. The lowest BCUT2D eigenvalue weighted by molar-refractivity contribution is 0.388. The van der Waals surface area contributed by atoms with Gasteiger partial charge in [-0.05, 0) is 29.4 Å². The van der Waals surface area contributed by atoms with E-state index >= 15 is 0 Å². The summed E-state index contributed by atoms with van der Waals surface area (Å²) in [5.74, 6) is 0.683. The van der Waals surface area contributed by atoms with E-state index < -0.39 is 0 Å². The minimum Gasteiger partial charge on any atom is -0.361 e. The summed E-state index contributed by atoms with van der Waals surface area (Å²) in [4.78, 5) is 3.32. The van der Waals surface area contributed by atoms with Crippen molar-refractivity contribution in [3.8, 4) is 0 Å². The molecular weight excluding hydrogens is 208 g/mol. The highest BCUT2D eigenvalue weighted by Gasteiger charge is 2.10. The van der Waals surface area contributed by atoms with Gasteiger partial charge in [0.25, 0.3) is 0 Å². The van der Waals surface area contributed by atoms with E-state index in [0.29, 0.717) is 12.0 Å². The van der Waals surface area contributed by atoms with E-state index in [4.69, 9.17) is 0 Å². The summed E-state index contributed by atoms with van der Waals surface area (Å²) in [6.07, 6.45) is 3.19. The molecule has 0 aliphatic rings. The van der Waals surface area contributed by atoms with Gasteiger partial charge < -0.3 is 10.3 Å². The van der Waals surface area contributed by atoms with E-state index in [1.165, 1.54) is 22.9 Å². The summed E-state index contributed by atoms with van der Waals surface area (Å²) >= 11 is 0. The van der Waals surface area contributed by atoms with Gasteiger partial charge in [0.2, 0.25) is 0 Å². The van der Waals surface area contributed by atoms with Crippen LogP contribution < -0.4 is 5.32 Å². The van der Waals surface area contributed by atoms with Crippen molar-refractivity contribution in [2.24, 2.45) is 5.92 Å². The smallest absolute Gasteiger partial charge is 0.0499 e. The zero-order chi connectivity index (χ0) is 12.3. The fourth-order valence-corrected chi connectivity index (χ4v) is 2.39. The Morgan fingerprint density at radius 3 is 2.76 bits per heavy atom. The fourth-order valence-electron chi connectivity index (χ4n) is 2.39. The molecule has 17 heavy (non-hydrogen) atoms. The van der Waals surface area contributed by atoms with E-state index in [-0.39, 0.29) is 0 Å². The van der Waals surface area contributed by atoms with Gasteiger partial charge in [-0.1, -0.05) is 39.0 Å². The van der Waals surface area contributed by atoms with Gasteiger partial charge in [-0.2, -0.15) is 0 Å². The highest BCUT2D eigenvalue weighted by molar-refractivity contribution is 5.82. The average molecular weight is 230 g/mol. The Balaban J connectivity index is 2.10. The van der Waals surface area contributed by atoms with E-state index in [1.54, 1.807) is 0 Å². The Bertz CT molecular complexity index is 470. The number of para-hydroxylation sites is 1. The first-order chi connectivity index (χ1) is 8.22. The van der Waals surface area contributed by atoms with Crippen LogP contribution in [0, 0.1) is 5.92 Å². The third kappa shape index (κ3) is 2.70. The van der Waals surface area contributed by atoms with Crippen LogP contribution in [-0.2, 0) is 6.54 Å². The molecule has 1 aromatic carbocycles. The van der Waals surface area contributed by atoms with Gasteiger partial charge in [0, 0.05) is 24.3 Å². The van der Waals surface area contributed by atoms with Crippen molar-refractivity contribution >= 4 is 10.9 Å². The van der Waals surface area contributed by atoms with Gasteiger partial charge in [0.1, 0.15) is 0 Å². The lowest BCUT2D eigenvalue weighted by Gasteiger charge is -2.21. The quantitative estimate of drug-likeness (QED) is 0.805. The normalized spacial score (nSPS) is 13.4. The second-order valence-electron chi connectivity index (χ2n) is 5.00. The van der Waals surface area contributed by atoms with Crippen molar-refractivity contribution in [2.75, 3.05) is 0 Å². The standard InChI is InChI=1S/C15H22N2/c1-4-14(11(2)3)17-10-13-7-5-6-12-8-9-16-15(12)13/h5-9,11,14,16-17H,4,10H2,1-3H3. The Hall–Kier alpha value is -1.28. The first-order valence-corrected chi connectivity index (χ1v) is 6.50. The number of rotatable bonds is 5. The zero-order valence-electron chi connectivity index (χ0n) is 11.0. The van der Waals surface area contributed by atoms with Gasteiger partial charge in [-0.3, -0.25) is 0 Å². The van der Waals surface area contributed by atoms with Gasteiger partial charge in [-0.25, -0.2) is 0 Å². The highest BCUT2D eigenvalue weighted by atomic mass is 14.9. The van der Waals surface area contributed by atoms with E-state index in [2.05, 4.69) is 55.3 Å². The molecule has 1 heterocycles. The van der Waals surface area contributed by atoms with Gasteiger partial charge >= 0.3 is 0 Å². The number of aromatic nitrogens is 1. The fraction of sp³-hybridized carbons (Fsp3) is 0.467. The van der Waals surface area contributed by atoms with Crippen LogP contribution in [0.4, 0.5) is 0 Å². The minimum absolute atomic E-state index is 0.597. The summed E-state index contributed by atoms with van der Waals surface area (Å²) in [7, 11) is 0.